The van der Waals surface area contributed by atoms with Crippen LogP contribution in [0.3, 0.4) is 0 Å². The van der Waals surface area contributed by atoms with E-state index in [0.29, 0.717) is 12.6 Å². The second-order valence-electron chi connectivity index (χ2n) is 6.43. The SMILES string of the molecule is C=CCCOC(C)C(=O)N1CC2CCCN2Cc2ccccc21. The molecule has 0 radical (unpaired) electrons. The van der Waals surface area contributed by atoms with Crippen LogP contribution in [0.25, 0.3) is 0 Å². The van der Waals surface area contributed by atoms with E-state index < -0.39 is 6.10 Å². The molecule has 0 N–H and O–H groups in total. The molecule has 0 aromatic heterocycles. The minimum Gasteiger partial charge on any atom is -0.368 e. The van der Waals surface area contributed by atoms with Gasteiger partial charge in [-0.3, -0.25) is 9.69 Å². The van der Waals surface area contributed by atoms with Gasteiger partial charge in [-0.05, 0) is 44.4 Å². The van der Waals surface area contributed by atoms with Crippen molar-refractivity contribution in [1.82, 2.24) is 4.90 Å². The van der Waals surface area contributed by atoms with Crippen molar-refractivity contribution in [2.75, 3.05) is 24.6 Å². The van der Waals surface area contributed by atoms with Crippen LogP contribution < -0.4 is 4.90 Å². The van der Waals surface area contributed by atoms with Crippen molar-refractivity contribution < 1.29 is 9.53 Å². The minimum absolute atomic E-state index is 0.0651. The molecule has 1 saturated heterocycles. The van der Waals surface area contributed by atoms with Crippen molar-refractivity contribution in [1.29, 1.82) is 0 Å². The van der Waals surface area contributed by atoms with Crippen molar-refractivity contribution in [2.45, 2.75) is 44.9 Å². The Morgan fingerprint density at radius 1 is 1.48 bits per heavy atom. The van der Waals surface area contributed by atoms with Crippen LogP contribution in [0.4, 0.5) is 5.69 Å². The molecule has 1 fully saturated rings. The van der Waals surface area contributed by atoms with E-state index in [-0.39, 0.29) is 5.91 Å². The van der Waals surface area contributed by atoms with E-state index >= 15 is 0 Å². The van der Waals surface area contributed by atoms with E-state index in [1.807, 2.05) is 24.0 Å². The summed E-state index contributed by atoms with van der Waals surface area (Å²) in [6.45, 7) is 8.93. The molecule has 1 aromatic rings. The van der Waals surface area contributed by atoms with Crippen molar-refractivity contribution in [3.8, 4) is 0 Å². The van der Waals surface area contributed by atoms with Gasteiger partial charge in [-0.25, -0.2) is 0 Å². The molecule has 0 saturated carbocycles. The van der Waals surface area contributed by atoms with Crippen LogP contribution in [-0.4, -0.2) is 42.6 Å². The quantitative estimate of drug-likeness (QED) is 0.619. The molecule has 1 aromatic carbocycles. The monoisotopic (exact) mass is 314 g/mol. The van der Waals surface area contributed by atoms with Crippen molar-refractivity contribution >= 4 is 11.6 Å². The molecule has 2 heterocycles. The molecular weight excluding hydrogens is 288 g/mol. The number of hydrogen-bond acceptors (Lipinski definition) is 3. The van der Waals surface area contributed by atoms with E-state index in [1.54, 1.807) is 0 Å². The van der Waals surface area contributed by atoms with E-state index in [2.05, 4.69) is 29.7 Å². The van der Waals surface area contributed by atoms with Crippen LogP contribution in [0, 0.1) is 0 Å². The summed E-state index contributed by atoms with van der Waals surface area (Å²) >= 11 is 0. The van der Waals surface area contributed by atoms with Gasteiger partial charge in [0.15, 0.2) is 0 Å². The van der Waals surface area contributed by atoms with Gasteiger partial charge in [-0.1, -0.05) is 24.3 Å². The molecule has 124 valence electrons. The number of hydrogen-bond donors (Lipinski definition) is 0. The van der Waals surface area contributed by atoms with Crippen LogP contribution in [0.5, 0.6) is 0 Å². The highest BCUT2D eigenvalue weighted by Crippen LogP contribution is 2.31. The molecule has 0 aliphatic carbocycles. The number of rotatable bonds is 5. The fourth-order valence-corrected chi connectivity index (χ4v) is 3.57. The summed E-state index contributed by atoms with van der Waals surface area (Å²) < 4.78 is 5.69. The first-order valence-electron chi connectivity index (χ1n) is 8.56. The number of amides is 1. The standard InChI is InChI=1S/C19H26N2O2/c1-3-4-12-23-15(2)19(22)21-14-17-9-7-11-20(17)13-16-8-5-6-10-18(16)21/h3,5-6,8,10,15,17H,1,4,7,9,11-14H2,2H3. The molecule has 4 heteroatoms. The largest absolute Gasteiger partial charge is 0.368 e. The molecule has 2 aliphatic heterocycles. The summed E-state index contributed by atoms with van der Waals surface area (Å²) in [7, 11) is 0. The van der Waals surface area contributed by atoms with Gasteiger partial charge in [0.1, 0.15) is 6.10 Å². The summed E-state index contributed by atoms with van der Waals surface area (Å²) in [6, 6.07) is 8.73. The molecule has 0 spiro atoms. The van der Waals surface area contributed by atoms with Gasteiger partial charge < -0.3 is 9.64 Å². The summed E-state index contributed by atoms with van der Waals surface area (Å²) in [4.78, 5) is 17.4. The van der Waals surface area contributed by atoms with E-state index in [0.717, 1.165) is 31.7 Å². The smallest absolute Gasteiger partial charge is 0.255 e. The van der Waals surface area contributed by atoms with Crippen LogP contribution in [0.15, 0.2) is 36.9 Å². The van der Waals surface area contributed by atoms with Gasteiger partial charge in [0.2, 0.25) is 0 Å². The first-order chi connectivity index (χ1) is 11.2. The molecule has 2 unspecified atom stereocenters. The van der Waals surface area contributed by atoms with Gasteiger partial charge in [0.05, 0.1) is 6.61 Å². The Morgan fingerprint density at radius 2 is 2.30 bits per heavy atom. The fraction of sp³-hybridized carbons (Fsp3) is 0.526. The fourth-order valence-electron chi connectivity index (χ4n) is 3.57. The molecule has 3 rings (SSSR count). The second kappa shape index (κ2) is 7.28. The topological polar surface area (TPSA) is 32.8 Å². The first-order valence-corrected chi connectivity index (χ1v) is 8.56. The lowest BCUT2D eigenvalue weighted by Gasteiger charge is -2.28. The highest BCUT2D eigenvalue weighted by molar-refractivity contribution is 5.97. The summed E-state index contributed by atoms with van der Waals surface area (Å²) in [5, 5.41) is 0. The predicted molar refractivity (Wildman–Crippen MR) is 92.5 cm³/mol. The Hall–Kier alpha value is -1.65. The highest BCUT2D eigenvalue weighted by Gasteiger charge is 2.34. The number of fused-ring (bicyclic) bond motifs is 2. The van der Waals surface area contributed by atoms with Gasteiger partial charge >= 0.3 is 0 Å². The van der Waals surface area contributed by atoms with E-state index in [4.69, 9.17) is 4.74 Å². The first kappa shape index (κ1) is 16.2. The summed E-state index contributed by atoms with van der Waals surface area (Å²) in [5.41, 5.74) is 2.29. The van der Waals surface area contributed by atoms with Gasteiger partial charge in [-0.2, -0.15) is 0 Å². The molecule has 2 aliphatic rings. The Kier molecular flexibility index (Phi) is 5.13. The maximum atomic E-state index is 13.0. The molecule has 23 heavy (non-hydrogen) atoms. The zero-order valence-electron chi connectivity index (χ0n) is 13.9. The zero-order chi connectivity index (χ0) is 16.2. The molecule has 1 amide bonds. The molecule has 0 bridgehead atoms. The van der Waals surface area contributed by atoms with Crippen molar-refractivity contribution in [3.63, 3.8) is 0 Å². The number of benzene rings is 1. The normalized spacial score (nSPS) is 22.1. The Balaban J connectivity index is 1.81. The average molecular weight is 314 g/mol. The molecule has 2 atom stereocenters. The maximum absolute atomic E-state index is 13.0. The van der Waals surface area contributed by atoms with Crippen molar-refractivity contribution in [3.05, 3.63) is 42.5 Å². The van der Waals surface area contributed by atoms with Crippen LogP contribution >= 0.6 is 0 Å². The number of nitrogens with zero attached hydrogens (tertiary/aromatic N) is 2. The van der Waals surface area contributed by atoms with Crippen LogP contribution in [-0.2, 0) is 16.1 Å². The van der Waals surface area contributed by atoms with Gasteiger partial charge in [0, 0.05) is 24.8 Å². The lowest BCUT2D eigenvalue weighted by Crippen LogP contribution is -2.44. The third kappa shape index (κ3) is 3.48. The van der Waals surface area contributed by atoms with Crippen LogP contribution in [0.1, 0.15) is 31.7 Å². The number of carbonyl (C=O) groups excluding carboxylic acids is 1. The lowest BCUT2D eigenvalue weighted by molar-refractivity contribution is -0.129. The third-order valence-corrected chi connectivity index (χ3v) is 4.85. The average Bonchev–Trinajstić information content (AvgIpc) is 2.93. The Morgan fingerprint density at radius 3 is 3.13 bits per heavy atom. The summed E-state index contributed by atoms with van der Waals surface area (Å²) in [5.74, 6) is 0.0651. The van der Waals surface area contributed by atoms with Gasteiger partial charge in [0.25, 0.3) is 5.91 Å². The zero-order valence-corrected chi connectivity index (χ0v) is 13.9. The number of para-hydroxylation sites is 1. The maximum Gasteiger partial charge on any atom is 0.255 e. The Labute approximate surface area is 138 Å². The van der Waals surface area contributed by atoms with E-state index in [9.17, 15) is 4.79 Å². The van der Waals surface area contributed by atoms with Gasteiger partial charge in [-0.15, -0.1) is 6.58 Å². The predicted octanol–water partition coefficient (Wildman–Crippen LogP) is 2.98. The molecular formula is C19H26N2O2. The number of ether oxygens (including phenoxy) is 1. The second-order valence-corrected chi connectivity index (χ2v) is 6.43. The van der Waals surface area contributed by atoms with Crippen molar-refractivity contribution in [2.24, 2.45) is 0 Å². The lowest BCUT2D eigenvalue weighted by atomic mass is 10.1. The number of anilines is 1. The molecule has 4 nitrogen and oxygen atoms in total. The third-order valence-electron chi connectivity index (χ3n) is 4.85. The highest BCUT2D eigenvalue weighted by atomic mass is 16.5. The summed E-state index contributed by atoms with van der Waals surface area (Å²) in [6.07, 6.45) is 4.55. The minimum atomic E-state index is -0.420. The van der Waals surface area contributed by atoms with E-state index in [1.165, 1.54) is 18.4 Å². The Bertz CT molecular complexity index is 572. The van der Waals surface area contributed by atoms with Crippen LogP contribution in [0.2, 0.25) is 0 Å². The number of carbonyl (C=O) groups is 1.